The standard InChI is InChI=1S/C40H30N6/c1-40(2,3)33-20-18-26(19-21-33)35-43-37-30-15-8-13-28(23-30)27-12-7-14-29(22-27)36-41-34(25-10-5-4-6-11-25)42-38(45-36)31-16-9-17-32(24-31)39(44-35)46-37/h4-24H,1-3H3. The molecule has 6 nitrogen and oxygen atoms in total. The van der Waals surface area contributed by atoms with E-state index in [0.29, 0.717) is 34.9 Å². The molecule has 5 aromatic carbocycles. The fourth-order valence-electron chi connectivity index (χ4n) is 5.71. The van der Waals surface area contributed by atoms with E-state index >= 15 is 0 Å². The summed E-state index contributed by atoms with van der Waals surface area (Å²) in [6, 6.07) is 43.3. The molecule has 3 heterocycles. The summed E-state index contributed by atoms with van der Waals surface area (Å²) < 4.78 is 0. The van der Waals surface area contributed by atoms with Gasteiger partial charge in [-0.25, -0.2) is 29.9 Å². The molecule has 0 aliphatic carbocycles. The lowest BCUT2D eigenvalue weighted by atomic mass is 9.87. The Bertz CT molecular complexity index is 2240. The fraction of sp³-hybridized carbons (Fsp3) is 0.100. The minimum absolute atomic E-state index is 0.0467. The third-order valence-corrected chi connectivity index (χ3v) is 8.27. The topological polar surface area (TPSA) is 77.3 Å². The molecule has 0 radical (unpaired) electrons. The molecule has 6 heteroatoms. The molecule has 0 atom stereocenters. The number of rotatable bonds is 2. The average Bonchev–Trinajstić information content (AvgIpc) is 3.11. The van der Waals surface area contributed by atoms with E-state index in [9.17, 15) is 0 Å². The van der Waals surface area contributed by atoms with Crippen LogP contribution in [-0.4, -0.2) is 29.9 Å². The van der Waals surface area contributed by atoms with E-state index in [2.05, 4.69) is 75.4 Å². The Morgan fingerprint density at radius 1 is 0.304 bits per heavy atom. The second-order valence-corrected chi connectivity index (χ2v) is 12.5. The van der Waals surface area contributed by atoms with Crippen molar-refractivity contribution >= 4 is 0 Å². The molecule has 220 valence electrons. The lowest BCUT2D eigenvalue weighted by molar-refractivity contribution is 0.590. The highest BCUT2D eigenvalue weighted by Crippen LogP contribution is 2.33. The molecule has 0 unspecified atom stereocenters. The van der Waals surface area contributed by atoms with Crippen LogP contribution >= 0.6 is 0 Å². The highest BCUT2D eigenvalue weighted by Gasteiger charge is 2.18. The molecule has 0 spiro atoms. The van der Waals surface area contributed by atoms with Crippen molar-refractivity contribution < 1.29 is 0 Å². The van der Waals surface area contributed by atoms with Crippen molar-refractivity contribution in [1.29, 1.82) is 0 Å². The van der Waals surface area contributed by atoms with Gasteiger partial charge in [0.2, 0.25) is 0 Å². The first-order chi connectivity index (χ1) is 22.4. The van der Waals surface area contributed by atoms with E-state index in [4.69, 9.17) is 29.9 Å². The van der Waals surface area contributed by atoms with Crippen LogP contribution in [0.25, 0.3) is 79.5 Å². The highest BCUT2D eigenvalue weighted by atomic mass is 15.0. The smallest absolute Gasteiger partial charge is 0.164 e. The molecule has 2 aromatic heterocycles. The van der Waals surface area contributed by atoms with Crippen molar-refractivity contribution in [3.05, 3.63) is 133 Å². The maximum atomic E-state index is 5.03. The Morgan fingerprint density at radius 2 is 0.609 bits per heavy atom. The van der Waals surface area contributed by atoms with E-state index < -0.39 is 0 Å². The van der Waals surface area contributed by atoms with Crippen LogP contribution in [0.1, 0.15) is 26.3 Å². The zero-order chi connectivity index (χ0) is 31.3. The first-order valence-corrected chi connectivity index (χ1v) is 15.4. The van der Waals surface area contributed by atoms with Gasteiger partial charge in [-0.15, -0.1) is 0 Å². The van der Waals surface area contributed by atoms with E-state index in [0.717, 1.165) is 44.5 Å². The van der Waals surface area contributed by atoms with Crippen LogP contribution in [0.4, 0.5) is 0 Å². The van der Waals surface area contributed by atoms with Crippen LogP contribution in [0.3, 0.4) is 0 Å². The SMILES string of the molecule is CC(C)(C)c1ccc(-c2nc3nc(n2)-c2cccc(c2)-c2nc(-c4ccccc4)nc(n2)-c2cccc(c2)-c2cccc-3c2)cc1. The number of nitrogens with zero attached hydrogens (tertiary/aromatic N) is 6. The third-order valence-electron chi connectivity index (χ3n) is 8.27. The fourth-order valence-corrected chi connectivity index (χ4v) is 5.71. The van der Waals surface area contributed by atoms with Crippen LogP contribution in [0.2, 0.25) is 0 Å². The van der Waals surface area contributed by atoms with Gasteiger partial charge in [-0.2, -0.15) is 0 Å². The summed E-state index contributed by atoms with van der Waals surface area (Å²) in [5, 5.41) is 0. The summed E-state index contributed by atoms with van der Waals surface area (Å²) >= 11 is 0. The number of benzene rings is 5. The Balaban J connectivity index is 1.39. The van der Waals surface area contributed by atoms with Gasteiger partial charge >= 0.3 is 0 Å². The van der Waals surface area contributed by atoms with Crippen LogP contribution in [0.5, 0.6) is 0 Å². The van der Waals surface area contributed by atoms with Crippen LogP contribution in [0, 0.1) is 0 Å². The monoisotopic (exact) mass is 594 g/mol. The normalized spacial score (nSPS) is 11.8. The summed E-state index contributed by atoms with van der Waals surface area (Å²) in [6.07, 6.45) is 0. The molecular weight excluding hydrogens is 564 g/mol. The maximum absolute atomic E-state index is 5.03. The lowest BCUT2D eigenvalue weighted by Crippen LogP contribution is -2.10. The highest BCUT2D eigenvalue weighted by molar-refractivity contribution is 5.77. The molecule has 1 aliphatic heterocycles. The maximum Gasteiger partial charge on any atom is 0.164 e. The van der Waals surface area contributed by atoms with E-state index in [-0.39, 0.29) is 5.41 Å². The van der Waals surface area contributed by atoms with Gasteiger partial charge in [-0.1, -0.05) is 130 Å². The van der Waals surface area contributed by atoms with Gasteiger partial charge in [-0.05, 0) is 40.3 Å². The molecule has 0 N–H and O–H groups in total. The average molecular weight is 595 g/mol. The molecular formula is C40H30N6. The van der Waals surface area contributed by atoms with Crippen molar-refractivity contribution in [2.45, 2.75) is 26.2 Å². The van der Waals surface area contributed by atoms with Gasteiger partial charge in [0.15, 0.2) is 34.9 Å². The molecule has 7 aromatic rings. The summed E-state index contributed by atoms with van der Waals surface area (Å²) in [7, 11) is 0. The van der Waals surface area contributed by atoms with Crippen molar-refractivity contribution in [3.63, 3.8) is 0 Å². The zero-order valence-corrected chi connectivity index (χ0v) is 25.8. The quantitative estimate of drug-likeness (QED) is 0.198. The van der Waals surface area contributed by atoms with E-state index in [1.165, 1.54) is 5.56 Å². The van der Waals surface area contributed by atoms with E-state index in [1.54, 1.807) is 0 Å². The summed E-state index contributed by atoms with van der Waals surface area (Å²) in [5.74, 6) is 3.63. The van der Waals surface area contributed by atoms with Gasteiger partial charge in [0.25, 0.3) is 0 Å². The van der Waals surface area contributed by atoms with Crippen LogP contribution < -0.4 is 0 Å². The zero-order valence-electron chi connectivity index (χ0n) is 25.8. The Hall–Kier alpha value is -5.88. The van der Waals surface area contributed by atoms with Crippen molar-refractivity contribution in [3.8, 4) is 79.5 Å². The van der Waals surface area contributed by atoms with Gasteiger partial charge in [0.1, 0.15) is 0 Å². The molecule has 0 saturated carbocycles. The van der Waals surface area contributed by atoms with Gasteiger partial charge in [-0.3, -0.25) is 0 Å². The predicted molar refractivity (Wildman–Crippen MR) is 184 cm³/mol. The van der Waals surface area contributed by atoms with Crippen LogP contribution in [-0.2, 0) is 5.41 Å². The largest absolute Gasteiger partial charge is 0.208 e. The van der Waals surface area contributed by atoms with Crippen molar-refractivity contribution in [1.82, 2.24) is 29.9 Å². The number of hydrogen-bond acceptors (Lipinski definition) is 6. The Morgan fingerprint density at radius 3 is 1.00 bits per heavy atom. The Kier molecular flexibility index (Phi) is 6.57. The second-order valence-electron chi connectivity index (χ2n) is 12.5. The first-order valence-electron chi connectivity index (χ1n) is 15.4. The van der Waals surface area contributed by atoms with Crippen molar-refractivity contribution in [2.75, 3.05) is 0 Å². The predicted octanol–water partition coefficient (Wildman–Crippen LogP) is 9.34. The summed E-state index contributed by atoms with van der Waals surface area (Å²) in [5.41, 5.74) is 8.78. The van der Waals surface area contributed by atoms with Gasteiger partial charge in [0.05, 0.1) is 0 Å². The molecule has 8 rings (SSSR count). The first kappa shape index (κ1) is 27.7. The summed E-state index contributed by atoms with van der Waals surface area (Å²) in [6.45, 7) is 6.64. The molecule has 0 fully saturated rings. The summed E-state index contributed by atoms with van der Waals surface area (Å²) in [4.78, 5) is 29.9. The minimum atomic E-state index is 0.0467. The van der Waals surface area contributed by atoms with Gasteiger partial charge < -0.3 is 0 Å². The van der Waals surface area contributed by atoms with Gasteiger partial charge in [0, 0.05) is 33.4 Å². The lowest BCUT2D eigenvalue weighted by Gasteiger charge is -2.19. The number of fused-ring (bicyclic) bond motifs is 15. The number of aromatic nitrogens is 6. The van der Waals surface area contributed by atoms with Crippen molar-refractivity contribution in [2.24, 2.45) is 0 Å². The van der Waals surface area contributed by atoms with Crippen LogP contribution in [0.15, 0.2) is 127 Å². The Labute approximate surface area is 268 Å². The molecule has 0 amide bonds. The van der Waals surface area contributed by atoms with E-state index in [1.807, 2.05) is 72.8 Å². The molecule has 46 heavy (non-hydrogen) atoms. The number of hydrogen-bond donors (Lipinski definition) is 0. The molecule has 0 saturated heterocycles. The molecule has 10 bridgehead atoms. The second kappa shape index (κ2) is 10.9. The molecule has 1 aliphatic rings. The third kappa shape index (κ3) is 5.24. The minimum Gasteiger partial charge on any atom is -0.208 e.